The second-order valence-corrected chi connectivity index (χ2v) is 5.00. The molecule has 19 heavy (non-hydrogen) atoms. The van der Waals surface area contributed by atoms with Gasteiger partial charge in [0.25, 0.3) is 0 Å². The summed E-state index contributed by atoms with van der Waals surface area (Å²) in [5, 5.41) is 21.9. The van der Waals surface area contributed by atoms with Crippen LogP contribution < -0.4 is 5.32 Å². The van der Waals surface area contributed by atoms with E-state index in [2.05, 4.69) is 5.32 Å². The summed E-state index contributed by atoms with van der Waals surface area (Å²) in [5.41, 5.74) is 0.193. The Kier molecular flexibility index (Phi) is 3.70. The maximum absolute atomic E-state index is 12.0. The minimum atomic E-state index is -1.12. The molecule has 0 aliphatic carbocycles. The molecule has 1 atom stereocenters. The number of hydrogen-bond acceptors (Lipinski definition) is 4. The predicted molar refractivity (Wildman–Crippen MR) is 67.7 cm³/mol. The topological polar surface area (TPSA) is 107 Å². The molecule has 1 aliphatic heterocycles. The molecule has 7 nitrogen and oxygen atoms in total. The maximum Gasteiger partial charge on any atom is 0.348 e. The summed E-state index contributed by atoms with van der Waals surface area (Å²) < 4.78 is 0. The van der Waals surface area contributed by atoms with Crippen LogP contribution in [0.15, 0.2) is 11.4 Å². The van der Waals surface area contributed by atoms with Gasteiger partial charge in [0.1, 0.15) is 10.9 Å². The van der Waals surface area contributed by atoms with E-state index in [1.807, 2.05) is 0 Å². The molecule has 0 unspecified atom stereocenters. The molecular weight excluding hydrogens is 272 g/mol. The number of thiophene rings is 1. The molecular formula is C11H12N2O5S. The fraction of sp³-hybridized carbons (Fsp3) is 0.364. The van der Waals surface area contributed by atoms with Crippen molar-refractivity contribution in [2.75, 3.05) is 11.9 Å². The molecule has 3 N–H and O–H groups in total. The van der Waals surface area contributed by atoms with E-state index in [1.54, 1.807) is 5.38 Å². The molecule has 2 amide bonds. The zero-order chi connectivity index (χ0) is 14.0. The molecule has 2 heterocycles. The van der Waals surface area contributed by atoms with Crippen molar-refractivity contribution in [3.63, 3.8) is 0 Å². The van der Waals surface area contributed by atoms with Gasteiger partial charge < -0.3 is 20.4 Å². The van der Waals surface area contributed by atoms with Gasteiger partial charge in [0.15, 0.2) is 0 Å². The predicted octanol–water partition coefficient (Wildman–Crippen LogP) is 1.53. The molecule has 0 saturated carbocycles. The van der Waals surface area contributed by atoms with Gasteiger partial charge in [-0.05, 0) is 24.3 Å². The fourth-order valence-corrected chi connectivity index (χ4v) is 2.71. The third-order valence-corrected chi connectivity index (χ3v) is 3.80. The van der Waals surface area contributed by atoms with Crippen LogP contribution in [-0.2, 0) is 4.79 Å². The lowest BCUT2D eigenvalue weighted by Crippen LogP contribution is -2.42. The Morgan fingerprint density at radius 2 is 2.11 bits per heavy atom. The van der Waals surface area contributed by atoms with Crippen LogP contribution in [0.4, 0.5) is 10.5 Å². The third kappa shape index (κ3) is 2.68. The first-order valence-electron chi connectivity index (χ1n) is 5.62. The quantitative estimate of drug-likeness (QED) is 0.780. The molecule has 0 bridgehead atoms. The minimum Gasteiger partial charge on any atom is -0.480 e. The molecule has 0 aromatic carbocycles. The Morgan fingerprint density at radius 1 is 1.37 bits per heavy atom. The van der Waals surface area contributed by atoms with Crippen molar-refractivity contribution >= 4 is 35.0 Å². The summed E-state index contributed by atoms with van der Waals surface area (Å²) in [6.45, 7) is 0.356. The number of urea groups is 1. The zero-order valence-electron chi connectivity index (χ0n) is 9.83. The normalized spacial score (nSPS) is 18.3. The number of nitrogens with one attached hydrogen (secondary N) is 1. The van der Waals surface area contributed by atoms with E-state index >= 15 is 0 Å². The summed E-state index contributed by atoms with van der Waals surface area (Å²) >= 11 is 1.00. The largest absolute Gasteiger partial charge is 0.480 e. The summed E-state index contributed by atoms with van der Waals surface area (Å²) in [4.78, 5) is 35.1. The first-order valence-corrected chi connectivity index (χ1v) is 6.50. The number of carbonyl (C=O) groups is 3. The highest BCUT2D eigenvalue weighted by Crippen LogP contribution is 2.24. The summed E-state index contributed by atoms with van der Waals surface area (Å²) in [6.07, 6.45) is 1.04. The number of nitrogens with zero attached hydrogens (tertiary/aromatic N) is 1. The number of hydrogen-bond donors (Lipinski definition) is 3. The highest BCUT2D eigenvalue weighted by molar-refractivity contribution is 7.12. The van der Waals surface area contributed by atoms with Gasteiger partial charge in [-0.2, -0.15) is 0 Å². The van der Waals surface area contributed by atoms with Crippen LogP contribution in [0.2, 0.25) is 0 Å². The molecule has 1 aromatic rings. The molecule has 1 aromatic heterocycles. The van der Waals surface area contributed by atoms with Gasteiger partial charge in [-0.3, -0.25) is 0 Å². The molecule has 8 heteroatoms. The first kappa shape index (κ1) is 13.3. The van der Waals surface area contributed by atoms with Crippen LogP contribution in [0.1, 0.15) is 22.5 Å². The number of anilines is 1. The van der Waals surface area contributed by atoms with Gasteiger partial charge in [-0.15, -0.1) is 11.3 Å². The molecule has 0 radical (unpaired) electrons. The Balaban J connectivity index is 2.11. The molecule has 1 fully saturated rings. The lowest BCUT2D eigenvalue weighted by atomic mass is 10.2. The van der Waals surface area contributed by atoms with Gasteiger partial charge >= 0.3 is 18.0 Å². The van der Waals surface area contributed by atoms with Crippen LogP contribution in [0, 0.1) is 0 Å². The fourth-order valence-electron chi connectivity index (χ4n) is 2.03. The molecule has 0 spiro atoms. The summed E-state index contributed by atoms with van der Waals surface area (Å²) in [6, 6.07) is 0.0652. The van der Waals surface area contributed by atoms with E-state index in [1.165, 1.54) is 11.0 Å². The van der Waals surface area contributed by atoms with Crippen LogP contribution in [0.5, 0.6) is 0 Å². The van der Waals surface area contributed by atoms with Crippen molar-refractivity contribution in [2.24, 2.45) is 0 Å². The Labute approximate surface area is 112 Å². The lowest BCUT2D eigenvalue weighted by Gasteiger charge is -2.21. The SMILES string of the molecule is O=C(O)c1sccc1NC(=O)N1CCC[C@H]1C(=O)O. The number of likely N-dealkylation sites (tertiary alicyclic amines) is 1. The van der Waals surface area contributed by atoms with Crippen molar-refractivity contribution in [3.05, 3.63) is 16.3 Å². The van der Waals surface area contributed by atoms with E-state index in [9.17, 15) is 14.4 Å². The van der Waals surface area contributed by atoms with E-state index < -0.39 is 24.0 Å². The Morgan fingerprint density at radius 3 is 2.74 bits per heavy atom. The number of aromatic carboxylic acids is 1. The zero-order valence-corrected chi connectivity index (χ0v) is 10.6. The van der Waals surface area contributed by atoms with E-state index in [-0.39, 0.29) is 10.6 Å². The molecule has 2 rings (SSSR count). The van der Waals surface area contributed by atoms with Crippen LogP contribution in [-0.4, -0.2) is 45.7 Å². The van der Waals surface area contributed by atoms with Crippen molar-refractivity contribution < 1.29 is 24.6 Å². The van der Waals surface area contributed by atoms with E-state index in [0.717, 1.165) is 11.3 Å². The highest BCUT2D eigenvalue weighted by atomic mass is 32.1. The number of rotatable bonds is 3. The second-order valence-electron chi connectivity index (χ2n) is 4.09. The van der Waals surface area contributed by atoms with Crippen molar-refractivity contribution in [1.82, 2.24) is 4.90 Å². The Bertz CT molecular complexity index is 527. The number of carboxylic acid groups (broad SMARTS) is 2. The van der Waals surface area contributed by atoms with E-state index in [4.69, 9.17) is 10.2 Å². The van der Waals surface area contributed by atoms with Gasteiger partial charge in [-0.1, -0.05) is 0 Å². The third-order valence-electron chi connectivity index (χ3n) is 2.90. The molecule has 1 saturated heterocycles. The number of carboxylic acids is 2. The summed E-state index contributed by atoms with van der Waals surface area (Å²) in [7, 11) is 0. The molecule has 1 aliphatic rings. The minimum absolute atomic E-state index is 0.0272. The van der Waals surface area contributed by atoms with Gasteiger partial charge in [-0.25, -0.2) is 14.4 Å². The van der Waals surface area contributed by atoms with Crippen LogP contribution in [0.3, 0.4) is 0 Å². The second kappa shape index (κ2) is 5.27. The monoisotopic (exact) mass is 284 g/mol. The number of aliphatic carboxylic acids is 1. The summed E-state index contributed by atoms with van der Waals surface area (Å²) in [5.74, 6) is -2.17. The Hall–Kier alpha value is -2.09. The van der Waals surface area contributed by atoms with Gasteiger partial charge in [0.2, 0.25) is 0 Å². The van der Waals surface area contributed by atoms with Crippen molar-refractivity contribution in [3.8, 4) is 0 Å². The molecule has 102 valence electrons. The first-order chi connectivity index (χ1) is 9.00. The van der Waals surface area contributed by atoms with Crippen LogP contribution in [0.25, 0.3) is 0 Å². The van der Waals surface area contributed by atoms with Gasteiger partial charge in [0, 0.05) is 6.54 Å². The van der Waals surface area contributed by atoms with Crippen LogP contribution >= 0.6 is 11.3 Å². The lowest BCUT2D eigenvalue weighted by molar-refractivity contribution is -0.141. The average Bonchev–Trinajstić information content (AvgIpc) is 2.96. The maximum atomic E-state index is 12.0. The average molecular weight is 284 g/mol. The number of carbonyl (C=O) groups excluding carboxylic acids is 1. The van der Waals surface area contributed by atoms with Crippen molar-refractivity contribution in [1.29, 1.82) is 0 Å². The van der Waals surface area contributed by atoms with E-state index in [0.29, 0.717) is 19.4 Å². The smallest absolute Gasteiger partial charge is 0.348 e. The van der Waals surface area contributed by atoms with Gasteiger partial charge in [0.05, 0.1) is 5.69 Å². The number of amides is 2. The highest BCUT2D eigenvalue weighted by Gasteiger charge is 2.34. The standard InChI is InChI=1S/C11H12N2O5S/c14-9(15)7-2-1-4-13(7)11(18)12-6-3-5-19-8(6)10(16)17/h3,5,7H,1-2,4H2,(H,12,18)(H,14,15)(H,16,17)/t7-/m0/s1. The van der Waals surface area contributed by atoms with Crippen molar-refractivity contribution in [2.45, 2.75) is 18.9 Å².